The number of rotatable bonds is 3. The van der Waals surface area contributed by atoms with Crippen LogP contribution in [0.1, 0.15) is 17.7 Å². The van der Waals surface area contributed by atoms with Gasteiger partial charge in [0.05, 0.1) is 18.9 Å². The van der Waals surface area contributed by atoms with Crippen LogP contribution in [0, 0.1) is 11.8 Å². The van der Waals surface area contributed by atoms with Crippen LogP contribution < -0.4 is 0 Å². The van der Waals surface area contributed by atoms with Gasteiger partial charge in [0, 0.05) is 18.0 Å². The number of esters is 1. The molecular formula is C15H17NO3S. The lowest BCUT2D eigenvalue weighted by Crippen LogP contribution is -2.36. The van der Waals surface area contributed by atoms with Crippen molar-refractivity contribution >= 4 is 28.8 Å². The highest BCUT2D eigenvalue weighted by molar-refractivity contribution is 7.11. The Morgan fingerprint density at radius 3 is 2.85 bits per heavy atom. The van der Waals surface area contributed by atoms with Gasteiger partial charge in [0.15, 0.2) is 0 Å². The van der Waals surface area contributed by atoms with Gasteiger partial charge in [-0.15, -0.1) is 11.3 Å². The molecule has 0 radical (unpaired) electrons. The van der Waals surface area contributed by atoms with Gasteiger partial charge in [-0.3, -0.25) is 9.59 Å². The summed E-state index contributed by atoms with van der Waals surface area (Å²) >= 11 is 1.73. The molecule has 1 fully saturated rings. The van der Waals surface area contributed by atoms with Crippen molar-refractivity contribution in [3.8, 4) is 0 Å². The van der Waals surface area contributed by atoms with E-state index in [0.717, 1.165) is 13.0 Å². The molecule has 0 aromatic carbocycles. The number of methoxy groups -OCH3 is 1. The van der Waals surface area contributed by atoms with E-state index in [1.807, 2.05) is 11.0 Å². The van der Waals surface area contributed by atoms with Crippen molar-refractivity contribution in [1.82, 2.24) is 4.90 Å². The summed E-state index contributed by atoms with van der Waals surface area (Å²) in [6, 6.07) is 4.16. The molecule has 4 nitrogen and oxygen atoms in total. The zero-order chi connectivity index (χ0) is 14.1. The highest BCUT2D eigenvalue weighted by atomic mass is 32.1. The molecule has 2 heterocycles. The average Bonchev–Trinajstić information content (AvgIpc) is 3.10. The van der Waals surface area contributed by atoms with Crippen LogP contribution in [0.2, 0.25) is 0 Å². The van der Waals surface area contributed by atoms with E-state index in [0.29, 0.717) is 13.0 Å². The van der Waals surface area contributed by atoms with Crippen LogP contribution in [0.25, 0.3) is 5.57 Å². The minimum atomic E-state index is -0.254. The summed E-state index contributed by atoms with van der Waals surface area (Å²) in [5.41, 5.74) is 1.32. The summed E-state index contributed by atoms with van der Waals surface area (Å²) in [4.78, 5) is 26.8. The molecule has 1 aliphatic carbocycles. The first-order valence-corrected chi connectivity index (χ1v) is 7.68. The zero-order valence-corrected chi connectivity index (χ0v) is 12.2. The highest BCUT2D eigenvalue weighted by Crippen LogP contribution is 2.41. The van der Waals surface area contributed by atoms with Gasteiger partial charge in [0.25, 0.3) is 0 Å². The van der Waals surface area contributed by atoms with Crippen molar-refractivity contribution in [2.24, 2.45) is 11.8 Å². The monoisotopic (exact) mass is 291 g/mol. The predicted molar refractivity (Wildman–Crippen MR) is 77.1 cm³/mol. The Hall–Kier alpha value is -1.62. The fraction of sp³-hybridized carbons (Fsp3) is 0.467. The molecule has 3 rings (SSSR count). The van der Waals surface area contributed by atoms with Crippen molar-refractivity contribution < 1.29 is 14.3 Å². The number of hydrogen-bond donors (Lipinski definition) is 0. The Morgan fingerprint density at radius 2 is 2.25 bits per heavy atom. The quantitative estimate of drug-likeness (QED) is 0.802. The van der Waals surface area contributed by atoms with Crippen LogP contribution in [0.15, 0.2) is 23.6 Å². The number of thiophene rings is 1. The summed E-state index contributed by atoms with van der Waals surface area (Å²) in [5, 5.41) is 2.07. The van der Waals surface area contributed by atoms with Gasteiger partial charge in [-0.25, -0.2) is 0 Å². The average molecular weight is 291 g/mol. The molecule has 2 atom stereocenters. The van der Waals surface area contributed by atoms with Crippen LogP contribution in [-0.2, 0) is 14.3 Å². The summed E-state index contributed by atoms with van der Waals surface area (Å²) < 4.78 is 4.69. The molecule has 5 heteroatoms. The Labute approximate surface area is 122 Å². The Bertz CT molecular complexity index is 549. The van der Waals surface area contributed by atoms with Crippen LogP contribution in [-0.4, -0.2) is 37.0 Å². The smallest absolute Gasteiger partial charge is 0.309 e. The predicted octanol–water partition coefficient (Wildman–Crippen LogP) is 2.17. The molecule has 1 aliphatic heterocycles. The first-order valence-electron chi connectivity index (χ1n) is 6.80. The highest BCUT2D eigenvalue weighted by Gasteiger charge is 2.50. The van der Waals surface area contributed by atoms with E-state index >= 15 is 0 Å². The fourth-order valence-electron chi connectivity index (χ4n) is 2.67. The van der Waals surface area contributed by atoms with Gasteiger partial charge in [0.2, 0.25) is 5.91 Å². The van der Waals surface area contributed by atoms with Crippen LogP contribution in [0.4, 0.5) is 0 Å². The lowest BCUT2D eigenvalue weighted by Gasteiger charge is -2.26. The zero-order valence-electron chi connectivity index (χ0n) is 11.4. The van der Waals surface area contributed by atoms with E-state index in [1.165, 1.54) is 17.6 Å². The largest absolute Gasteiger partial charge is 0.469 e. The SMILES string of the molecule is COC(=O)C1CC1C(=O)N1CC=C(c2cccs2)CC1. The molecule has 1 amide bonds. The summed E-state index contributed by atoms with van der Waals surface area (Å²) in [6.07, 6.45) is 3.66. The van der Waals surface area contributed by atoms with Crippen molar-refractivity contribution in [3.63, 3.8) is 0 Å². The van der Waals surface area contributed by atoms with Crippen molar-refractivity contribution in [1.29, 1.82) is 0 Å². The maximum atomic E-state index is 12.3. The van der Waals surface area contributed by atoms with E-state index in [2.05, 4.69) is 22.3 Å². The number of hydrogen-bond acceptors (Lipinski definition) is 4. The molecule has 20 heavy (non-hydrogen) atoms. The van der Waals surface area contributed by atoms with Gasteiger partial charge >= 0.3 is 5.97 Å². The van der Waals surface area contributed by atoms with Gasteiger partial charge in [-0.05, 0) is 29.9 Å². The van der Waals surface area contributed by atoms with Crippen molar-refractivity contribution in [3.05, 3.63) is 28.5 Å². The number of ether oxygens (including phenoxy) is 1. The summed E-state index contributed by atoms with van der Waals surface area (Å²) in [5.74, 6) is -0.522. The maximum absolute atomic E-state index is 12.3. The van der Waals surface area contributed by atoms with Crippen LogP contribution in [0.3, 0.4) is 0 Å². The molecule has 0 saturated heterocycles. The summed E-state index contributed by atoms with van der Waals surface area (Å²) in [6.45, 7) is 1.39. The van der Waals surface area contributed by atoms with E-state index in [4.69, 9.17) is 0 Å². The van der Waals surface area contributed by atoms with Crippen molar-refractivity contribution in [2.75, 3.05) is 20.2 Å². The lowest BCUT2D eigenvalue weighted by atomic mass is 10.1. The van der Waals surface area contributed by atoms with E-state index in [9.17, 15) is 9.59 Å². The number of carbonyl (C=O) groups is 2. The van der Waals surface area contributed by atoms with E-state index in [-0.39, 0.29) is 23.7 Å². The Kier molecular flexibility index (Phi) is 3.61. The van der Waals surface area contributed by atoms with Gasteiger partial charge in [0.1, 0.15) is 0 Å². The standard InChI is InChI=1S/C15H17NO3S/c1-19-15(18)12-9-11(12)14(17)16-6-4-10(5-7-16)13-3-2-8-20-13/h2-4,8,11-12H,5-7,9H2,1H3. The third kappa shape index (κ3) is 2.50. The first kappa shape index (κ1) is 13.4. The molecule has 0 N–H and O–H groups in total. The van der Waals surface area contributed by atoms with E-state index in [1.54, 1.807) is 11.3 Å². The topological polar surface area (TPSA) is 46.6 Å². The normalized spacial score (nSPS) is 25.1. The summed E-state index contributed by atoms with van der Waals surface area (Å²) in [7, 11) is 1.37. The Balaban J connectivity index is 1.59. The molecule has 2 aliphatic rings. The van der Waals surface area contributed by atoms with Crippen LogP contribution >= 0.6 is 11.3 Å². The minimum absolute atomic E-state index is 0.0990. The van der Waals surface area contributed by atoms with Gasteiger partial charge in [-0.1, -0.05) is 12.1 Å². The Morgan fingerprint density at radius 1 is 1.40 bits per heavy atom. The van der Waals surface area contributed by atoms with E-state index < -0.39 is 0 Å². The van der Waals surface area contributed by atoms with Crippen LogP contribution in [0.5, 0.6) is 0 Å². The molecule has 0 spiro atoms. The lowest BCUT2D eigenvalue weighted by molar-refractivity contribution is -0.144. The molecule has 1 aromatic rings. The van der Waals surface area contributed by atoms with Gasteiger partial charge in [-0.2, -0.15) is 0 Å². The maximum Gasteiger partial charge on any atom is 0.309 e. The minimum Gasteiger partial charge on any atom is -0.469 e. The first-order chi connectivity index (χ1) is 9.70. The number of amides is 1. The fourth-order valence-corrected chi connectivity index (χ4v) is 3.47. The van der Waals surface area contributed by atoms with Gasteiger partial charge < -0.3 is 9.64 Å². The second kappa shape index (κ2) is 5.40. The molecule has 1 aromatic heterocycles. The second-order valence-corrected chi connectivity index (χ2v) is 6.16. The second-order valence-electron chi connectivity index (χ2n) is 5.21. The molecule has 1 saturated carbocycles. The number of carbonyl (C=O) groups excluding carboxylic acids is 2. The molecular weight excluding hydrogens is 274 g/mol. The number of nitrogens with zero attached hydrogens (tertiary/aromatic N) is 1. The molecule has 0 bridgehead atoms. The third-order valence-corrected chi connectivity index (χ3v) is 4.92. The van der Waals surface area contributed by atoms with Crippen molar-refractivity contribution in [2.45, 2.75) is 12.8 Å². The molecule has 106 valence electrons. The third-order valence-electron chi connectivity index (χ3n) is 3.97. The molecule has 2 unspecified atom stereocenters.